The molecular weight excluding hydrogens is 353 g/mol. The van der Waals surface area contributed by atoms with E-state index in [1.165, 1.54) is 0 Å². The van der Waals surface area contributed by atoms with Gasteiger partial charge in [0.15, 0.2) is 18.2 Å². The van der Waals surface area contributed by atoms with E-state index in [1.54, 1.807) is 43.7 Å². The minimum Gasteiger partial charge on any atom is -0.373 e. The number of rotatable bonds is 3. The van der Waals surface area contributed by atoms with Crippen molar-refractivity contribution in [1.82, 2.24) is 15.0 Å². The van der Waals surface area contributed by atoms with E-state index >= 15 is 0 Å². The zero-order chi connectivity index (χ0) is 19.0. The number of halogens is 3. The van der Waals surface area contributed by atoms with Crippen molar-refractivity contribution in [2.75, 3.05) is 12.4 Å². The Morgan fingerprint density at radius 2 is 1.93 bits per heavy atom. The zero-order valence-electron chi connectivity index (χ0n) is 14.3. The molecule has 1 aliphatic carbocycles. The summed E-state index contributed by atoms with van der Waals surface area (Å²) in [7, 11) is 1.75. The summed E-state index contributed by atoms with van der Waals surface area (Å²) in [4.78, 5) is 13.1. The summed E-state index contributed by atoms with van der Waals surface area (Å²) in [5, 5.41) is 3.79. The molecule has 2 heterocycles. The number of hydrogen-bond donors (Lipinski definition) is 1. The Labute approximate surface area is 153 Å². The van der Waals surface area contributed by atoms with Gasteiger partial charge in [-0.3, -0.25) is 4.98 Å². The molecule has 3 aromatic rings. The summed E-state index contributed by atoms with van der Waals surface area (Å²) in [6.45, 7) is 0. The van der Waals surface area contributed by atoms with Crippen LogP contribution in [-0.4, -0.2) is 34.3 Å². The number of aromatic nitrogens is 3. The van der Waals surface area contributed by atoms with Crippen LogP contribution in [0.3, 0.4) is 0 Å². The second-order valence-electron chi connectivity index (χ2n) is 6.12. The Hall–Kier alpha value is -3.22. The fourth-order valence-corrected chi connectivity index (χ4v) is 2.99. The van der Waals surface area contributed by atoms with E-state index in [0.29, 0.717) is 22.7 Å². The minimum absolute atomic E-state index is 0.281. The van der Waals surface area contributed by atoms with Gasteiger partial charge in [-0.25, -0.2) is 23.1 Å². The predicted molar refractivity (Wildman–Crippen MR) is 99.3 cm³/mol. The van der Waals surface area contributed by atoms with Crippen LogP contribution in [0.15, 0.2) is 60.7 Å². The molecule has 0 bridgehead atoms. The van der Waals surface area contributed by atoms with Gasteiger partial charge in [-0.15, -0.1) is 0 Å². The van der Waals surface area contributed by atoms with Crippen molar-refractivity contribution < 1.29 is 13.2 Å². The minimum atomic E-state index is -2.25. The molecule has 7 heteroatoms. The van der Waals surface area contributed by atoms with Gasteiger partial charge in [0.05, 0.1) is 5.52 Å². The predicted octanol–water partition coefficient (Wildman–Crippen LogP) is 4.66. The molecule has 1 N–H and O–H groups in total. The van der Waals surface area contributed by atoms with Crippen molar-refractivity contribution in [2.24, 2.45) is 0 Å². The summed E-state index contributed by atoms with van der Waals surface area (Å²) in [6, 6.07) is 8.81. The van der Waals surface area contributed by atoms with Crippen LogP contribution in [-0.2, 0) is 0 Å². The third-order valence-corrected chi connectivity index (χ3v) is 4.36. The number of nitrogens with zero attached hydrogens (tertiary/aromatic N) is 3. The second-order valence-corrected chi connectivity index (χ2v) is 6.12. The molecule has 0 aliphatic heterocycles. The molecule has 0 amide bonds. The van der Waals surface area contributed by atoms with Crippen molar-refractivity contribution in [3.63, 3.8) is 0 Å². The molecule has 1 aromatic carbocycles. The Bertz CT molecular complexity index is 1060. The molecule has 4 nitrogen and oxygen atoms in total. The average Bonchev–Trinajstić information content (AvgIpc) is 2.71. The molecule has 0 fully saturated rings. The first kappa shape index (κ1) is 17.2. The van der Waals surface area contributed by atoms with Gasteiger partial charge in [0.1, 0.15) is 11.6 Å². The van der Waals surface area contributed by atoms with Gasteiger partial charge < -0.3 is 5.32 Å². The van der Waals surface area contributed by atoms with Gasteiger partial charge in [0.25, 0.3) is 0 Å². The number of benzene rings is 1. The van der Waals surface area contributed by atoms with Crippen LogP contribution >= 0.6 is 0 Å². The normalized spacial score (nSPS) is 19.6. The van der Waals surface area contributed by atoms with E-state index in [9.17, 15) is 13.2 Å². The summed E-state index contributed by atoms with van der Waals surface area (Å²) in [5.74, 6) is -0.0182. The van der Waals surface area contributed by atoms with Gasteiger partial charge in [0.2, 0.25) is 0 Å². The van der Waals surface area contributed by atoms with Crippen molar-refractivity contribution in [1.29, 1.82) is 0 Å². The summed E-state index contributed by atoms with van der Waals surface area (Å²) >= 11 is 0. The second kappa shape index (κ2) is 6.83. The van der Waals surface area contributed by atoms with Crippen molar-refractivity contribution >= 4 is 22.3 Å². The third-order valence-electron chi connectivity index (χ3n) is 4.36. The quantitative estimate of drug-likeness (QED) is 0.731. The molecule has 2 aromatic heterocycles. The summed E-state index contributed by atoms with van der Waals surface area (Å²) < 4.78 is 40.7. The van der Waals surface area contributed by atoms with Gasteiger partial charge in [0, 0.05) is 30.4 Å². The van der Waals surface area contributed by atoms with E-state index in [4.69, 9.17) is 0 Å². The number of nitrogens with one attached hydrogen (secondary N) is 1. The number of hydrogen-bond acceptors (Lipinski definition) is 4. The average molecular weight is 368 g/mol. The van der Waals surface area contributed by atoms with Crippen LogP contribution in [0.25, 0.3) is 27.9 Å². The van der Waals surface area contributed by atoms with E-state index in [2.05, 4.69) is 20.3 Å². The number of alkyl halides is 2. The standard InChI is InChI=1S/C20H15F3N4/c1-24-20-14-5-4-11(13-7-15(21)18(23)16(22)8-13)9-17(14)26-19(27-20)12-3-2-6-25-10-12/h2-10,15,18H,1H3,(H,24,26,27). The van der Waals surface area contributed by atoms with Crippen LogP contribution in [0.1, 0.15) is 5.56 Å². The molecule has 27 heavy (non-hydrogen) atoms. The first-order valence-corrected chi connectivity index (χ1v) is 8.34. The molecule has 0 spiro atoms. The maximum absolute atomic E-state index is 13.7. The van der Waals surface area contributed by atoms with Crippen LogP contribution in [0, 0.1) is 0 Å². The molecule has 4 rings (SSSR count). The number of pyridine rings is 1. The summed E-state index contributed by atoms with van der Waals surface area (Å²) in [5.41, 5.74) is 2.17. The van der Waals surface area contributed by atoms with Crippen LogP contribution in [0.4, 0.5) is 19.0 Å². The lowest BCUT2D eigenvalue weighted by Crippen LogP contribution is -2.19. The number of fused-ring (bicyclic) bond motifs is 1. The van der Waals surface area contributed by atoms with Gasteiger partial charge >= 0.3 is 0 Å². The van der Waals surface area contributed by atoms with Gasteiger partial charge in [-0.2, -0.15) is 0 Å². The molecule has 0 radical (unpaired) electrons. The highest BCUT2D eigenvalue weighted by atomic mass is 19.2. The largest absolute Gasteiger partial charge is 0.373 e. The Morgan fingerprint density at radius 1 is 1.07 bits per heavy atom. The molecule has 0 saturated heterocycles. The van der Waals surface area contributed by atoms with Crippen molar-refractivity contribution in [3.8, 4) is 11.4 Å². The zero-order valence-corrected chi connectivity index (χ0v) is 14.3. The lowest BCUT2D eigenvalue weighted by molar-refractivity contribution is 0.207. The van der Waals surface area contributed by atoms with Crippen LogP contribution in [0.2, 0.25) is 0 Å². The molecule has 2 atom stereocenters. The highest BCUT2D eigenvalue weighted by Crippen LogP contribution is 2.32. The van der Waals surface area contributed by atoms with E-state index in [1.807, 2.05) is 6.07 Å². The van der Waals surface area contributed by atoms with E-state index in [0.717, 1.165) is 23.1 Å². The molecule has 0 saturated carbocycles. The van der Waals surface area contributed by atoms with Gasteiger partial charge in [-0.1, -0.05) is 6.07 Å². The first-order valence-electron chi connectivity index (χ1n) is 8.34. The van der Waals surface area contributed by atoms with Crippen molar-refractivity contribution in [2.45, 2.75) is 12.3 Å². The molecular formula is C20H15F3N4. The lowest BCUT2D eigenvalue weighted by Gasteiger charge is -2.16. The Balaban J connectivity index is 1.86. The first-order chi connectivity index (χ1) is 13.1. The topological polar surface area (TPSA) is 50.7 Å². The molecule has 136 valence electrons. The van der Waals surface area contributed by atoms with Gasteiger partial charge in [-0.05, 0) is 47.6 Å². The molecule has 1 aliphatic rings. The highest BCUT2D eigenvalue weighted by molar-refractivity contribution is 5.93. The fraction of sp³-hybridized carbons (Fsp3) is 0.150. The maximum Gasteiger partial charge on any atom is 0.186 e. The third kappa shape index (κ3) is 3.16. The monoisotopic (exact) mass is 368 g/mol. The van der Waals surface area contributed by atoms with E-state index < -0.39 is 18.2 Å². The van der Waals surface area contributed by atoms with E-state index in [-0.39, 0.29) is 5.57 Å². The lowest BCUT2D eigenvalue weighted by atomic mass is 9.96. The van der Waals surface area contributed by atoms with Crippen LogP contribution in [0.5, 0.6) is 0 Å². The molecule has 2 unspecified atom stereocenters. The fourth-order valence-electron chi connectivity index (χ4n) is 2.99. The van der Waals surface area contributed by atoms with Crippen LogP contribution < -0.4 is 5.32 Å². The smallest absolute Gasteiger partial charge is 0.186 e. The number of anilines is 1. The Morgan fingerprint density at radius 3 is 2.63 bits per heavy atom. The highest BCUT2D eigenvalue weighted by Gasteiger charge is 2.28. The van der Waals surface area contributed by atoms with Crippen molar-refractivity contribution in [3.05, 3.63) is 66.3 Å². The number of allylic oxidation sites excluding steroid dienone is 4. The maximum atomic E-state index is 13.7. The summed E-state index contributed by atoms with van der Waals surface area (Å²) in [6.07, 6.45) is 1.15. The Kier molecular flexibility index (Phi) is 4.35. The SMILES string of the molecule is CNc1nc(-c2cccnc2)nc2cc(C3=CC(F)C(F)C(F)=C3)ccc12.